The minimum absolute atomic E-state index is 0.00160. The number of nitro groups is 1. The fourth-order valence-electron chi connectivity index (χ4n) is 2.57. The van der Waals surface area contributed by atoms with E-state index in [1.54, 1.807) is 13.2 Å². The number of nitro benzene ring substituents is 1. The monoisotopic (exact) mass is 330 g/mol. The van der Waals surface area contributed by atoms with Crippen LogP contribution in [0.2, 0.25) is 0 Å². The van der Waals surface area contributed by atoms with Gasteiger partial charge in [-0.15, -0.1) is 0 Å². The van der Waals surface area contributed by atoms with Crippen molar-refractivity contribution < 1.29 is 9.66 Å². The van der Waals surface area contributed by atoms with E-state index in [9.17, 15) is 10.1 Å². The third-order valence-electron chi connectivity index (χ3n) is 3.82. The van der Waals surface area contributed by atoms with Gasteiger partial charge in [0.25, 0.3) is 5.69 Å². The summed E-state index contributed by atoms with van der Waals surface area (Å²) in [6.45, 7) is 0.470. The van der Waals surface area contributed by atoms with Crippen LogP contribution < -0.4 is 15.8 Å². The normalized spacial score (nSPS) is 12.0. The number of hydrogen-bond acceptors (Lipinski definition) is 6. The fraction of sp³-hybridized carbons (Fsp3) is 0.294. The maximum absolute atomic E-state index is 11.2. The zero-order valence-electron chi connectivity index (χ0n) is 14.0. The van der Waals surface area contributed by atoms with Crippen molar-refractivity contribution in [1.29, 1.82) is 0 Å². The number of anilines is 2. The number of benzene rings is 2. The van der Waals surface area contributed by atoms with Gasteiger partial charge >= 0.3 is 0 Å². The van der Waals surface area contributed by atoms with Crippen LogP contribution in [0.25, 0.3) is 0 Å². The number of nitrogens with zero attached hydrogens (tertiary/aromatic N) is 2. The summed E-state index contributed by atoms with van der Waals surface area (Å²) in [7, 11) is 5.53. The summed E-state index contributed by atoms with van der Waals surface area (Å²) in [4.78, 5) is 12.8. The summed E-state index contributed by atoms with van der Waals surface area (Å²) in [6, 6.07) is 12.2. The number of methoxy groups -OCH3 is 1. The Labute approximate surface area is 141 Å². The molecule has 0 fully saturated rings. The van der Waals surface area contributed by atoms with Crippen molar-refractivity contribution >= 4 is 17.1 Å². The Kier molecular flexibility index (Phi) is 5.59. The zero-order valence-corrected chi connectivity index (χ0v) is 14.0. The minimum atomic E-state index is -0.421. The summed E-state index contributed by atoms with van der Waals surface area (Å²) in [5.74, 6) is 0.778. The Hall–Kier alpha value is -2.80. The first-order chi connectivity index (χ1) is 11.4. The predicted molar refractivity (Wildman–Crippen MR) is 95.4 cm³/mol. The lowest BCUT2D eigenvalue weighted by Crippen LogP contribution is -2.27. The van der Waals surface area contributed by atoms with Crippen LogP contribution in [0.4, 0.5) is 17.1 Å². The van der Waals surface area contributed by atoms with Gasteiger partial charge in [-0.3, -0.25) is 10.1 Å². The second-order valence-corrected chi connectivity index (χ2v) is 5.64. The average Bonchev–Trinajstić information content (AvgIpc) is 2.55. The molecule has 0 bridgehead atoms. The summed E-state index contributed by atoms with van der Waals surface area (Å²) in [5, 5.41) is 14.3. The molecule has 0 saturated carbocycles. The van der Waals surface area contributed by atoms with E-state index in [1.807, 2.05) is 43.3 Å². The third-order valence-corrected chi connectivity index (χ3v) is 3.82. The van der Waals surface area contributed by atoms with Crippen LogP contribution in [-0.4, -0.2) is 37.6 Å². The summed E-state index contributed by atoms with van der Waals surface area (Å²) in [6.07, 6.45) is 0. The van der Waals surface area contributed by atoms with Crippen molar-refractivity contribution in [2.75, 3.05) is 38.8 Å². The molecule has 0 aliphatic heterocycles. The van der Waals surface area contributed by atoms with Gasteiger partial charge in [-0.2, -0.15) is 0 Å². The van der Waals surface area contributed by atoms with Gasteiger partial charge in [-0.25, -0.2) is 0 Å². The fourth-order valence-corrected chi connectivity index (χ4v) is 2.57. The predicted octanol–water partition coefficient (Wildman–Crippen LogP) is 2.90. The van der Waals surface area contributed by atoms with Crippen LogP contribution in [-0.2, 0) is 0 Å². The van der Waals surface area contributed by atoms with E-state index in [0.29, 0.717) is 17.9 Å². The largest absolute Gasteiger partial charge is 0.496 e. The van der Waals surface area contributed by atoms with Crippen LogP contribution in [0.1, 0.15) is 11.6 Å². The number of nitrogens with one attached hydrogen (secondary N) is 1. The van der Waals surface area contributed by atoms with Crippen molar-refractivity contribution in [1.82, 2.24) is 4.90 Å². The lowest BCUT2D eigenvalue weighted by Gasteiger charge is -2.27. The molecule has 128 valence electrons. The molecular weight excluding hydrogens is 308 g/mol. The van der Waals surface area contributed by atoms with E-state index in [4.69, 9.17) is 10.5 Å². The molecule has 2 rings (SSSR count). The van der Waals surface area contributed by atoms with Crippen molar-refractivity contribution in [3.05, 3.63) is 58.1 Å². The molecule has 2 aromatic carbocycles. The molecule has 0 unspecified atom stereocenters. The number of para-hydroxylation sites is 1. The Morgan fingerprint density at radius 1 is 1.29 bits per heavy atom. The third kappa shape index (κ3) is 3.94. The van der Waals surface area contributed by atoms with Crippen LogP contribution in [0.3, 0.4) is 0 Å². The van der Waals surface area contributed by atoms with Gasteiger partial charge in [0, 0.05) is 23.9 Å². The molecule has 0 heterocycles. The highest BCUT2D eigenvalue weighted by molar-refractivity contribution is 5.67. The molecule has 7 heteroatoms. The number of rotatable bonds is 7. The molecule has 3 N–H and O–H groups in total. The minimum Gasteiger partial charge on any atom is -0.496 e. The van der Waals surface area contributed by atoms with Crippen molar-refractivity contribution in [2.45, 2.75) is 6.04 Å². The van der Waals surface area contributed by atoms with Gasteiger partial charge in [-0.1, -0.05) is 18.2 Å². The molecule has 0 aromatic heterocycles. The first-order valence-electron chi connectivity index (χ1n) is 7.51. The van der Waals surface area contributed by atoms with E-state index in [2.05, 4.69) is 5.32 Å². The van der Waals surface area contributed by atoms with Crippen LogP contribution in [0.15, 0.2) is 42.5 Å². The maximum Gasteiger partial charge on any atom is 0.292 e. The lowest BCUT2D eigenvalue weighted by atomic mass is 10.0. The topological polar surface area (TPSA) is 93.7 Å². The Balaban J connectivity index is 2.27. The summed E-state index contributed by atoms with van der Waals surface area (Å²) < 4.78 is 5.43. The van der Waals surface area contributed by atoms with E-state index in [1.165, 1.54) is 12.1 Å². The molecular formula is C17H22N4O3. The van der Waals surface area contributed by atoms with E-state index >= 15 is 0 Å². The Morgan fingerprint density at radius 2 is 2.00 bits per heavy atom. The molecule has 1 atom stereocenters. The van der Waals surface area contributed by atoms with Gasteiger partial charge in [0.1, 0.15) is 11.4 Å². The highest BCUT2D eigenvalue weighted by Crippen LogP contribution is 2.31. The van der Waals surface area contributed by atoms with Crippen LogP contribution in [0, 0.1) is 10.1 Å². The zero-order chi connectivity index (χ0) is 17.7. The molecule has 0 amide bonds. The number of likely N-dealkylation sites (N-methyl/N-ethyl adjacent to an activating group) is 1. The molecule has 2 aromatic rings. The molecule has 0 spiro atoms. The molecule has 24 heavy (non-hydrogen) atoms. The molecule has 0 aliphatic rings. The van der Waals surface area contributed by atoms with Crippen LogP contribution >= 0.6 is 0 Å². The van der Waals surface area contributed by atoms with E-state index in [0.717, 1.165) is 11.3 Å². The van der Waals surface area contributed by atoms with E-state index in [-0.39, 0.29) is 11.7 Å². The standard InChI is InChI=1S/C17H22N4O3/c1-20(2)16(13-6-4-5-7-17(13)24-3)11-19-14-10-12(18)8-9-15(14)21(22)23/h4-10,16,19H,11,18H2,1-3H3/t16-/m1/s1. The molecule has 0 radical (unpaired) electrons. The number of nitrogens with two attached hydrogens (primary N) is 1. The summed E-state index contributed by atoms with van der Waals surface area (Å²) >= 11 is 0. The average molecular weight is 330 g/mol. The van der Waals surface area contributed by atoms with Crippen LogP contribution in [0.5, 0.6) is 5.75 Å². The highest BCUT2D eigenvalue weighted by atomic mass is 16.6. The first-order valence-corrected chi connectivity index (χ1v) is 7.51. The van der Waals surface area contributed by atoms with Crippen molar-refractivity contribution in [3.63, 3.8) is 0 Å². The van der Waals surface area contributed by atoms with Gasteiger partial charge in [0.2, 0.25) is 0 Å². The second kappa shape index (κ2) is 7.65. The molecule has 0 saturated heterocycles. The van der Waals surface area contributed by atoms with Gasteiger partial charge < -0.3 is 20.7 Å². The molecule has 0 aliphatic carbocycles. The van der Waals surface area contributed by atoms with Gasteiger partial charge in [0.15, 0.2) is 0 Å². The highest BCUT2D eigenvalue weighted by Gasteiger charge is 2.20. The Bertz CT molecular complexity index is 719. The molecule has 7 nitrogen and oxygen atoms in total. The number of ether oxygens (including phenoxy) is 1. The maximum atomic E-state index is 11.2. The number of hydrogen-bond donors (Lipinski definition) is 2. The van der Waals surface area contributed by atoms with Gasteiger partial charge in [0.05, 0.1) is 18.1 Å². The summed E-state index contributed by atoms with van der Waals surface area (Å²) in [5.41, 5.74) is 7.64. The SMILES string of the molecule is COc1ccccc1[C@@H](CNc1cc(N)ccc1[N+](=O)[O-])N(C)C. The first kappa shape index (κ1) is 17.6. The Morgan fingerprint density at radius 3 is 2.62 bits per heavy atom. The smallest absolute Gasteiger partial charge is 0.292 e. The van der Waals surface area contributed by atoms with Crippen molar-refractivity contribution in [2.24, 2.45) is 0 Å². The lowest BCUT2D eigenvalue weighted by molar-refractivity contribution is -0.383. The quantitative estimate of drug-likeness (QED) is 0.460. The number of nitrogen functional groups attached to an aromatic ring is 1. The van der Waals surface area contributed by atoms with Crippen molar-refractivity contribution in [3.8, 4) is 5.75 Å². The van der Waals surface area contributed by atoms with E-state index < -0.39 is 4.92 Å². The van der Waals surface area contributed by atoms with Gasteiger partial charge in [-0.05, 0) is 32.3 Å². The second-order valence-electron chi connectivity index (χ2n) is 5.64.